The smallest absolute Gasteiger partial charge is 0.308 e. The van der Waals surface area contributed by atoms with E-state index >= 15 is 0 Å². The van der Waals surface area contributed by atoms with Gasteiger partial charge in [0.2, 0.25) is 5.91 Å². The molecule has 1 aromatic rings. The van der Waals surface area contributed by atoms with E-state index < -0.39 is 17.3 Å². The number of amides is 1. The number of benzene rings is 1. The van der Waals surface area contributed by atoms with Gasteiger partial charge in [-0.05, 0) is 43.9 Å². The third-order valence-corrected chi connectivity index (χ3v) is 5.83. The normalized spacial score (nSPS) is 26.3. The van der Waals surface area contributed by atoms with Crippen molar-refractivity contribution in [3.05, 3.63) is 35.6 Å². The molecule has 5 heteroatoms. The molecule has 1 saturated carbocycles. The van der Waals surface area contributed by atoms with Crippen molar-refractivity contribution in [1.29, 1.82) is 0 Å². The summed E-state index contributed by atoms with van der Waals surface area (Å²) in [6, 6.07) is 6.04. The van der Waals surface area contributed by atoms with Gasteiger partial charge in [0.15, 0.2) is 0 Å². The highest BCUT2D eigenvalue weighted by molar-refractivity contribution is 5.89. The van der Waals surface area contributed by atoms with E-state index in [1.165, 1.54) is 12.1 Å². The number of likely N-dealkylation sites (tertiary alicyclic amines) is 1. The fourth-order valence-corrected chi connectivity index (χ4v) is 4.40. The highest BCUT2D eigenvalue weighted by atomic mass is 19.1. The van der Waals surface area contributed by atoms with Crippen LogP contribution in [-0.2, 0) is 15.0 Å². The number of nitrogens with zero attached hydrogens (tertiary/aromatic N) is 1. The van der Waals surface area contributed by atoms with Gasteiger partial charge in [0, 0.05) is 12.6 Å². The van der Waals surface area contributed by atoms with E-state index in [4.69, 9.17) is 0 Å². The number of carbonyl (C=O) groups is 2. The van der Waals surface area contributed by atoms with E-state index in [0.717, 1.165) is 24.8 Å². The van der Waals surface area contributed by atoms with Crippen molar-refractivity contribution in [2.45, 2.75) is 56.9 Å². The topological polar surface area (TPSA) is 57.6 Å². The lowest BCUT2D eigenvalue weighted by atomic mass is 9.68. The minimum atomic E-state index is -0.846. The first kappa shape index (κ1) is 16.9. The van der Waals surface area contributed by atoms with Crippen LogP contribution in [0.25, 0.3) is 0 Å². The summed E-state index contributed by atoms with van der Waals surface area (Å²) in [5.41, 5.74) is 0.0281. The van der Waals surface area contributed by atoms with Gasteiger partial charge in [0.1, 0.15) is 5.82 Å². The van der Waals surface area contributed by atoms with Crippen molar-refractivity contribution >= 4 is 11.9 Å². The Morgan fingerprint density at radius 3 is 2.54 bits per heavy atom. The Balaban J connectivity index is 1.95. The summed E-state index contributed by atoms with van der Waals surface area (Å²) in [6.45, 7) is 2.28. The number of rotatable bonds is 3. The zero-order valence-corrected chi connectivity index (χ0v) is 14.0. The summed E-state index contributed by atoms with van der Waals surface area (Å²) in [5.74, 6) is -1.71. The third-order valence-electron chi connectivity index (χ3n) is 5.83. The minimum absolute atomic E-state index is 0.0240. The maximum atomic E-state index is 13.8. The van der Waals surface area contributed by atoms with Gasteiger partial charge in [0.25, 0.3) is 0 Å². The van der Waals surface area contributed by atoms with E-state index in [1.54, 1.807) is 11.0 Å². The largest absolute Gasteiger partial charge is 0.481 e. The molecule has 1 aliphatic carbocycles. The Bertz CT molecular complexity index is 639. The van der Waals surface area contributed by atoms with E-state index in [1.807, 2.05) is 13.0 Å². The molecule has 1 amide bonds. The molecule has 3 rings (SSSR count). The lowest BCUT2D eigenvalue weighted by molar-refractivity contribution is -0.144. The summed E-state index contributed by atoms with van der Waals surface area (Å²) < 4.78 is 13.8. The first-order valence-electron chi connectivity index (χ1n) is 8.75. The van der Waals surface area contributed by atoms with Crippen molar-refractivity contribution in [2.24, 2.45) is 5.92 Å². The number of aliphatic carboxylic acids is 1. The van der Waals surface area contributed by atoms with Crippen molar-refractivity contribution in [2.75, 3.05) is 6.54 Å². The lowest BCUT2D eigenvalue weighted by Crippen LogP contribution is -2.50. The van der Waals surface area contributed by atoms with Crippen LogP contribution in [0.4, 0.5) is 4.39 Å². The van der Waals surface area contributed by atoms with Crippen LogP contribution in [0.2, 0.25) is 0 Å². The second kappa shape index (κ2) is 6.54. The van der Waals surface area contributed by atoms with Crippen LogP contribution in [0.5, 0.6) is 0 Å². The maximum absolute atomic E-state index is 13.8. The standard InChI is InChI=1S/C19H24FNO3/c1-13-16(17(22)23)8-11-21(13)18(24)19(9-3-2-4-10-19)14-6-5-7-15(20)12-14/h5-7,12-13,16H,2-4,8-11H2,1H3,(H,22,23). The third kappa shape index (κ3) is 2.80. The predicted octanol–water partition coefficient (Wildman–Crippen LogP) is 3.35. The van der Waals surface area contributed by atoms with Gasteiger partial charge in [-0.25, -0.2) is 4.39 Å². The van der Waals surface area contributed by atoms with Gasteiger partial charge < -0.3 is 10.0 Å². The Hall–Kier alpha value is -1.91. The second-order valence-corrected chi connectivity index (χ2v) is 7.13. The van der Waals surface area contributed by atoms with E-state index in [-0.39, 0.29) is 17.8 Å². The molecule has 0 radical (unpaired) electrons. The quantitative estimate of drug-likeness (QED) is 0.923. The van der Waals surface area contributed by atoms with Crippen molar-refractivity contribution in [3.8, 4) is 0 Å². The van der Waals surface area contributed by atoms with Crippen LogP contribution < -0.4 is 0 Å². The molecule has 1 aromatic carbocycles. The molecule has 1 aliphatic heterocycles. The summed E-state index contributed by atoms with van der Waals surface area (Å²) in [7, 11) is 0. The van der Waals surface area contributed by atoms with E-state index in [9.17, 15) is 19.1 Å². The molecule has 0 spiro atoms. The fourth-order valence-electron chi connectivity index (χ4n) is 4.40. The van der Waals surface area contributed by atoms with Crippen LogP contribution in [0.3, 0.4) is 0 Å². The molecular formula is C19H24FNO3. The Morgan fingerprint density at radius 1 is 1.25 bits per heavy atom. The van der Waals surface area contributed by atoms with Gasteiger partial charge in [-0.3, -0.25) is 9.59 Å². The number of hydrogen-bond donors (Lipinski definition) is 1. The molecule has 1 saturated heterocycles. The first-order chi connectivity index (χ1) is 11.5. The molecule has 2 unspecified atom stereocenters. The molecule has 24 heavy (non-hydrogen) atoms. The summed E-state index contributed by atoms with van der Waals surface area (Å²) in [6.07, 6.45) is 4.85. The molecule has 130 valence electrons. The molecule has 2 fully saturated rings. The minimum Gasteiger partial charge on any atom is -0.481 e. The van der Waals surface area contributed by atoms with Gasteiger partial charge in [-0.15, -0.1) is 0 Å². The maximum Gasteiger partial charge on any atom is 0.308 e. The second-order valence-electron chi connectivity index (χ2n) is 7.13. The number of carbonyl (C=O) groups excluding carboxylic acids is 1. The molecule has 0 aromatic heterocycles. The Labute approximate surface area is 141 Å². The average molecular weight is 333 g/mol. The highest BCUT2D eigenvalue weighted by Crippen LogP contribution is 2.43. The SMILES string of the molecule is CC1C(C(=O)O)CCN1C(=O)C1(c2cccc(F)c2)CCCCC1. The number of carboxylic acids is 1. The number of hydrogen-bond acceptors (Lipinski definition) is 2. The zero-order valence-electron chi connectivity index (χ0n) is 14.0. The van der Waals surface area contributed by atoms with Crippen molar-refractivity contribution in [3.63, 3.8) is 0 Å². The summed E-state index contributed by atoms with van der Waals surface area (Å²) >= 11 is 0. The monoisotopic (exact) mass is 333 g/mol. The molecule has 1 heterocycles. The summed E-state index contributed by atoms with van der Waals surface area (Å²) in [5, 5.41) is 9.32. The van der Waals surface area contributed by atoms with Crippen molar-refractivity contribution in [1.82, 2.24) is 4.90 Å². The Kier molecular flexibility index (Phi) is 4.61. The first-order valence-corrected chi connectivity index (χ1v) is 8.75. The molecule has 0 bridgehead atoms. The molecule has 1 N–H and O–H groups in total. The summed E-state index contributed by atoms with van der Waals surface area (Å²) in [4.78, 5) is 26.5. The van der Waals surface area contributed by atoms with Crippen LogP contribution in [-0.4, -0.2) is 34.5 Å². The van der Waals surface area contributed by atoms with Gasteiger partial charge in [-0.2, -0.15) is 0 Å². The fraction of sp³-hybridized carbons (Fsp3) is 0.579. The van der Waals surface area contributed by atoms with Crippen LogP contribution in [0.1, 0.15) is 51.0 Å². The zero-order chi connectivity index (χ0) is 17.3. The molecule has 2 atom stereocenters. The highest BCUT2D eigenvalue weighted by Gasteiger charge is 2.48. The van der Waals surface area contributed by atoms with Crippen LogP contribution in [0, 0.1) is 11.7 Å². The van der Waals surface area contributed by atoms with E-state index in [0.29, 0.717) is 25.8 Å². The molecule has 4 nitrogen and oxygen atoms in total. The predicted molar refractivity (Wildman–Crippen MR) is 88.1 cm³/mol. The van der Waals surface area contributed by atoms with E-state index in [2.05, 4.69) is 0 Å². The Morgan fingerprint density at radius 2 is 1.96 bits per heavy atom. The number of carboxylic acid groups (broad SMARTS) is 1. The average Bonchev–Trinajstić information content (AvgIpc) is 2.96. The van der Waals surface area contributed by atoms with Crippen LogP contribution >= 0.6 is 0 Å². The van der Waals surface area contributed by atoms with Crippen molar-refractivity contribution < 1.29 is 19.1 Å². The lowest BCUT2D eigenvalue weighted by Gasteiger charge is -2.40. The van der Waals surface area contributed by atoms with Gasteiger partial charge in [-0.1, -0.05) is 31.4 Å². The van der Waals surface area contributed by atoms with Crippen LogP contribution in [0.15, 0.2) is 24.3 Å². The van der Waals surface area contributed by atoms with Gasteiger partial charge >= 0.3 is 5.97 Å². The molecular weight excluding hydrogens is 309 g/mol. The number of halogens is 1. The van der Waals surface area contributed by atoms with Gasteiger partial charge in [0.05, 0.1) is 11.3 Å². The molecule has 2 aliphatic rings.